The van der Waals surface area contributed by atoms with Crippen LogP contribution in [-0.2, 0) is 16.1 Å². The molecule has 2 heterocycles. The van der Waals surface area contributed by atoms with Gasteiger partial charge >= 0.3 is 0 Å². The van der Waals surface area contributed by atoms with E-state index < -0.39 is 0 Å². The van der Waals surface area contributed by atoms with Crippen molar-refractivity contribution in [1.82, 2.24) is 19.9 Å². The first-order chi connectivity index (χ1) is 14.9. The molecule has 0 radical (unpaired) electrons. The van der Waals surface area contributed by atoms with Crippen molar-refractivity contribution >= 4 is 28.5 Å². The molecule has 0 aliphatic carbocycles. The minimum absolute atomic E-state index is 0.205. The molecular formula is C23H29N5O3. The summed E-state index contributed by atoms with van der Waals surface area (Å²) in [6, 6.07) is 9.09. The van der Waals surface area contributed by atoms with Gasteiger partial charge < -0.3 is 19.9 Å². The van der Waals surface area contributed by atoms with E-state index in [1.54, 1.807) is 25.4 Å². The number of carbonyl (C=O) groups is 2. The van der Waals surface area contributed by atoms with E-state index in [4.69, 9.17) is 9.72 Å². The van der Waals surface area contributed by atoms with Gasteiger partial charge in [-0.1, -0.05) is 26.3 Å². The standard InChI is InChI=1S/C23H29N5O3/c1-5-15(2)14-25-23(30)18-12-17(26-16(3)29)13-20-21(18)28(10-11-31-4)22(27-20)19-8-6-7-9-24-19/h6-9,12-13,15H,5,10-11,14H2,1-4H3,(H,25,30)(H,26,29)/t15-/m0/s1. The molecule has 0 aliphatic heterocycles. The van der Waals surface area contributed by atoms with E-state index >= 15 is 0 Å². The number of nitrogens with zero attached hydrogens (tertiary/aromatic N) is 3. The van der Waals surface area contributed by atoms with Crippen molar-refractivity contribution in [3.63, 3.8) is 0 Å². The van der Waals surface area contributed by atoms with Gasteiger partial charge in [-0.3, -0.25) is 14.6 Å². The fourth-order valence-electron chi connectivity index (χ4n) is 3.31. The summed E-state index contributed by atoms with van der Waals surface area (Å²) < 4.78 is 7.25. The van der Waals surface area contributed by atoms with Gasteiger partial charge in [0.25, 0.3) is 5.91 Å². The van der Waals surface area contributed by atoms with Crippen LogP contribution in [0.25, 0.3) is 22.6 Å². The van der Waals surface area contributed by atoms with E-state index in [1.165, 1.54) is 6.92 Å². The van der Waals surface area contributed by atoms with Crippen LogP contribution >= 0.6 is 0 Å². The van der Waals surface area contributed by atoms with Crippen LogP contribution in [0.1, 0.15) is 37.6 Å². The molecule has 0 saturated carbocycles. The van der Waals surface area contributed by atoms with Gasteiger partial charge in [0, 0.05) is 39.0 Å². The lowest BCUT2D eigenvalue weighted by Crippen LogP contribution is -2.28. The van der Waals surface area contributed by atoms with Gasteiger partial charge in [-0.15, -0.1) is 0 Å². The summed E-state index contributed by atoms with van der Waals surface area (Å²) in [6.07, 6.45) is 2.68. The molecule has 0 spiro atoms. The quantitative estimate of drug-likeness (QED) is 0.549. The molecule has 3 aromatic rings. The Morgan fingerprint density at radius 3 is 2.71 bits per heavy atom. The van der Waals surface area contributed by atoms with Crippen LogP contribution in [0.15, 0.2) is 36.5 Å². The molecule has 1 aromatic carbocycles. The third kappa shape index (κ3) is 5.27. The first-order valence-electron chi connectivity index (χ1n) is 10.4. The van der Waals surface area contributed by atoms with Crippen molar-refractivity contribution in [3.8, 4) is 11.5 Å². The molecule has 0 unspecified atom stereocenters. The van der Waals surface area contributed by atoms with E-state index in [9.17, 15) is 9.59 Å². The van der Waals surface area contributed by atoms with Crippen molar-refractivity contribution in [2.45, 2.75) is 33.7 Å². The second-order valence-corrected chi connectivity index (χ2v) is 7.59. The lowest BCUT2D eigenvalue weighted by atomic mass is 10.1. The summed E-state index contributed by atoms with van der Waals surface area (Å²) in [7, 11) is 1.63. The Balaban J connectivity index is 2.19. The molecule has 8 nitrogen and oxygen atoms in total. The van der Waals surface area contributed by atoms with Gasteiger partial charge in [0.15, 0.2) is 5.82 Å². The molecule has 3 rings (SSSR count). The maximum absolute atomic E-state index is 13.2. The SMILES string of the molecule is CC[C@H](C)CNC(=O)c1cc(NC(C)=O)cc2nc(-c3ccccn3)n(CCOC)c12. The number of pyridine rings is 1. The van der Waals surface area contributed by atoms with Gasteiger partial charge in [-0.05, 0) is 30.2 Å². The first kappa shape index (κ1) is 22.4. The molecule has 2 aromatic heterocycles. The molecule has 31 heavy (non-hydrogen) atoms. The molecule has 0 bridgehead atoms. The second-order valence-electron chi connectivity index (χ2n) is 7.59. The minimum Gasteiger partial charge on any atom is -0.383 e. The number of carbonyl (C=O) groups excluding carboxylic acids is 2. The second kappa shape index (κ2) is 10.2. The summed E-state index contributed by atoms with van der Waals surface area (Å²) in [5.41, 5.74) is 2.97. The molecule has 8 heteroatoms. The summed E-state index contributed by atoms with van der Waals surface area (Å²) in [6.45, 7) is 7.14. The van der Waals surface area contributed by atoms with Crippen molar-refractivity contribution in [3.05, 3.63) is 42.1 Å². The normalized spacial score (nSPS) is 12.0. The summed E-state index contributed by atoms with van der Waals surface area (Å²) in [4.78, 5) is 34.0. The number of amides is 2. The number of aromatic nitrogens is 3. The van der Waals surface area contributed by atoms with Gasteiger partial charge in [0.05, 0.1) is 23.2 Å². The first-order valence-corrected chi connectivity index (χ1v) is 10.4. The summed E-state index contributed by atoms with van der Waals surface area (Å²) in [5.74, 6) is 0.585. The highest BCUT2D eigenvalue weighted by Crippen LogP contribution is 2.29. The zero-order chi connectivity index (χ0) is 22.4. The number of nitrogens with one attached hydrogen (secondary N) is 2. The van der Waals surface area contributed by atoms with E-state index in [0.29, 0.717) is 59.4 Å². The molecule has 0 aliphatic rings. The Morgan fingerprint density at radius 2 is 2.06 bits per heavy atom. The van der Waals surface area contributed by atoms with Crippen molar-refractivity contribution in [2.75, 3.05) is 25.6 Å². The fraction of sp³-hybridized carbons (Fsp3) is 0.391. The lowest BCUT2D eigenvalue weighted by molar-refractivity contribution is -0.114. The number of fused-ring (bicyclic) bond motifs is 1. The minimum atomic E-state index is -0.214. The predicted molar refractivity (Wildman–Crippen MR) is 121 cm³/mol. The average Bonchev–Trinajstić information content (AvgIpc) is 3.13. The van der Waals surface area contributed by atoms with E-state index in [-0.39, 0.29) is 11.8 Å². The largest absolute Gasteiger partial charge is 0.383 e. The highest BCUT2D eigenvalue weighted by molar-refractivity contribution is 6.08. The smallest absolute Gasteiger partial charge is 0.253 e. The highest BCUT2D eigenvalue weighted by Gasteiger charge is 2.21. The highest BCUT2D eigenvalue weighted by atomic mass is 16.5. The lowest BCUT2D eigenvalue weighted by Gasteiger charge is -2.14. The molecular weight excluding hydrogens is 394 g/mol. The van der Waals surface area contributed by atoms with Crippen LogP contribution in [0, 0.1) is 5.92 Å². The number of benzene rings is 1. The van der Waals surface area contributed by atoms with E-state index in [2.05, 4.69) is 29.5 Å². The maximum atomic E-state index is 13.2. The molecule has 0 saturated heterocycles. The average molecular weight is 424 g/mol. The Hall–Kier alpha value is -3.26. The Morgan fingerprint density at radius 1 is 1.26 bits per heavy atom. The number of rotatable bonds is 9. The topological polar surface area (TPSA) is 98.1 Å². The van der Waals surface area contributed by atoms with E-state index in [1.807, 2.05) is 22.8 Å². The Bertz CT molecular complexity index is 1060. The third-order valence-corrected chi connectivity index (χ3v) is 5.13. The maximum Gasteiger partial charge on any atom is 0.253 e. The van der Waals surface area contributed by atoms with Crippen molar-refractivity contribution in [2.24, 2.45) is 5.92 Å². The monoisotopic (exact) mass is 423 g/mol. The van der Waals surface area contributed by atoms with Crippen LogP contribution in [-0.4, -0.2) is 46.6 Å². The van der Waals surface area contributed by atoms with Crippen LogP contribution < -0.4 is 10.6 Å². The molecule has 2 amide bonds. The number of ether oxygens (including phenoxy) is 1. The van der Waals surface area contributed by atoms with Crippen LogP contribution in [0.5, 0.6) is 0 Å². The number of imidazole rings is 1. The number of anilines is 1. The van der Waals surface area contributed by atoms with Crippen molar-refractivity contribution < 1.29 is 14.3 Å². The third-order valence-electron chi connectivity index (χ3n) is 5.13. The van der Waals surface area contributed by atoms with Gasteiger partial charge in [0.1, 0.15) is 5.69 Å². The van der Waals surface area contributed by atoms with E-state index in [0.717, 1.165) is 6.42 Å². The van der Waals surface area contributed by atoms with Crippen LogP contribution in [0.4, 0.5) is 5.69 Å². The zero-order valence-corrected chi connectivity index (χ0v) is 18.4. The summed E-state index contributed by atoms with van der Waals surface area (Å²) >= 11 is 0. The Labute approximate surface area is 182 Å². The van der Waals surface area contributed by atoms with Gasteiger partial charge in [-0.2, -0.15) is 0 Å². The van der Waals surface area contributed by atoms with Crippen LogP contribution in [0.3, 0.4) is 0 Å². The zero-order valence-electron chi connectivity index (χ0n) is 18.4. The molecule has 164 valence electrons. The number of hydrogen-bond acceptors (Lipinski definition) is 5. The summed E-state index contributed by atoms with van der Waals surface area (Å²) in [5, 5.41) is 5.79. The fourth-order valence-corrected chi connectivity index (χ4v) is 3.31. The molecule has 2 N–H and O–H groups in total. The molecule has 1 atom stereocenters. The van der Waals surface area contributed by atoms with Crippen molar-refractivity contribution in [1.29, 1.82) is 0 Å². The van der Waals surface area contributed by atoms with Crippen LogP contribution in [0.2, 0.25) is 0 Å². The van der Waals surface area contributed by atoms with Gasteiger partial charge in [0.2, 0.25) is 5.91 Å². The number of methoxy groups -OCH3 is 1. The number of hydrogen-bond donors (Lipinski definition) is 2. The Kier molecular flexibility index (Phi) is 7.36. The molecule has 0 fully saturated rings. The van der Waals surface area contributed by atoms with Gasteiger partial charge in [-0.25, -0.2) is 4.98 Å². The predicted octanol–water partition coefficient (Wildman–Crippen LogP) is 3.48.